The minimum atomic E-state index is 0.634. The summed E-state index contributed by atoms with van der Waals surface area (Å²) in [5.74, 6) is 1.93. The van der Waals surface area contributed by atoms with E-state index in [1.165, 1.54) is 0 Å². The van der Waals surface area contributed by atoms with Crippen LogP contribution in [0.2, 0.25) is 0 Å². The molecule has 0 spiro atoms. The highest BCUT2D eigenvalue weighted by molar-refractivity contribution is 6.07. The molecule has 3 heterocycles. The van der Waals surface area contributed by atoms with Crippen molar-refractivity contribution >= 4 is 27.7 Å². The zero-order chi connectivity index (χ0) is 26.5. The molecule has 0 aliphatic carbocycles. The second-order valence-corrected chi connectivity index (χ2v) is 9.72. The summed E-state index contributed by atoms with van der Waals surface area (Å²) in [6.45, 7) is 0. The maximum absolute atomic E-state index is 6.40. The van der Waals surface area contributed by atoms with Gasteiger partial charge in [-0.25, -0.2) is 15.0 Å². The predicted molar refractivity (Wildman–Crippen MR) is 160 cm³/mol. The van der Waals surface area contributed by atoms with E-state index in [4.69, 9.17) is 19.4 Å². The first-order valence-corrected chi connectivity index (χ1v) is 13.2. The number of nitrogens with zero attached hydrogens (tertiary/aromatic N) is 4. The smallest absolute Gasteiger partial charge is 0.213 e. The summed E-state index contributed by atoms with van der Waals surface area (Å²) >= 11 is 0. The topological polar surface area (TPSA) is 56.2 Å². The Hall–Kier alpha value is -5.55. The van der Waals surface area contributed by atoms with Crippen LogP contribution in [0.4, 0.5) is 0 Å². The summed E-state index contributed by atoms with van der Waals surface area (Å²) in [7, 11) is 0. The average Bonchev–Trinajstić information content (AvgIpc) is 3.56. The molecule has 0 amide bonds. The van der Waals surface area contributed by atoms with Gasteiger partial charge in [0.25, 0.3) is 0 Å². The van der Waals surface area contributed by atoms with Crippen molar-refractivity contribution in [3.05, 3.63) is 133 Å². The molecular weight excluding hydrogens is 492 g/mol. The fraction of sp³-hybridized carbons (Fsp3) is 0. The summed E-state index contributed by atoms with van der Waals surface area (Å²) in [6.07, 6.45) is 0. The van der Waals surface area contributed by atoms with E-state index in [9.17, 15) is 0 Å². The Morgan fingerprint density at radius 1 is 0.425 bits per heavy atom. The number of aromatic nitrogens is 4. The molecule has 5 nitrogen and oxygen atoms in total. The molecule has 8 aromatic rings. The molecule has 0 atom stereocenters. The van der Waals surface area contributed by atoms with Crippen molar-refractivity contribution in [3.8, 4) is 45.3 Å². The van der Waals surface area contributed by atoms with E-state index >= 15 is 0 Å². The van der Waals surface area contributed by atoms with Crippen molar-refractivity contribution in [2.45, 2.75) is 0 Å². The molecule has 0 fully saturated rings. The molecule has 0 saturated carbocycles. The lowest BCUT2D eigenvalue weighted by molar-refractivity contribution is 0.658. The molecule has 0 aliphatic rings. The van der Waals surface area contributed by atoms with Crippen LogP contribution >= 0.6 is 0 Å². The first-order valence-electron chi connectivity index (χ1n) is 13.2. The third kappa shape index (κ3) is 3.60. The number of para-hydroxylation sites is 3. The minimum absolute atomic E-state index is 0.634. The highest BCUT2D eigenvalue weighted by Gasteiger charge is 2.20. The van der Waals surface area contributed by atoms with Gasteiger partial charge in [0.05, 0.1) is 16.6 Å². The highest BCUT2D eigenvalue weighted by Crippen LogP contribution is 2.39. The lowest BCUT2D eigenvalue weighted by Gasteiger charge is -2.09. The fourth-order valence-corrected chi connectivity index (χ4v) is 5.39. The van der Waals surface area contributed by atoms with E-state index < -0.39 is 0 Å². The Labute approximate surface area is 230 Å². The lowest BCUT2D eigenvalue weighted by Crippen LogP contribution is -2.00. The predicted octanol–water partition coefficient (Wildman–Crippen LogP) is 8.69. The molecule has 40 heavy (non-hydrogen) atoms. The van der Waals surface area contributed by atoms with E-state index in [2.05, 4.69) is 59.0 Å². The number of fused-ring (bicyclic) bond motifs is 5. The maximum Gasteiger partial charge on any atom is 0.213 e. The van der Waals surface area contributed by atoms with E-state index in [0.29, 0.717) is 17.5 Å². The van der Waals surface area contributed by atoms with Crippen molar-refractivity contribution in [1.29, 1.82) is 0 Å². The van der Waals surface area contributed by atoms with Crippen LogP contribution in [0, 0.1) is 0 Å². The summed E-state index contributed by atoms with van der Waals surface area (Å²) < 4.78 is 8.60. The van der Waals surface area contributed by atoms with Crippen molar-refractivity contribution in [2.75, 3.05) is 0 Å². The zero-order valence-corrected chi connectivity index (χ0v) is 21.4. The molecule has 188 valence electrons. The van der Waals surface area contributed by atoms with Crippen molar-refractivity contribution in [1.82, 2.24) is 19.4 Å². The number of hydrogen-bond donors (Lipinski definition) is 0. The summed E-state index contributed by atoms with van der Waals surface area (Å²) in [5.41, 5.74) is 8.86. The van der Waals surface area contributed by atoms with Crippen LogP contribution in [0.15, 0.2) is 138 Å². The largest absolute Gasteiger partial charge is 0.438 e. The van der Waals surface area contributed by atoms with Crippen LogP contribution in [-0.2, 0) is 0 Å². The molecular formula is C35H22N4O. The summed E-state index contributed by atoms with van der Waals surface area (Å²) in [5, 5.41) is 1.15. The Morgan fingerprint density at radius 2 is 0.900 bits per heavy atom. The number of hydrogen-bond acceptors (Lipinski definition) is 4. The van der Waals surface area contributed by atoms with Gasteiger partial charge in [-0.1, -0.05) is 115 Å². The van der Waals surface area contributed by atoms with Crippen LogP contribution < -0.4 is 0 Å². The first kappa shape index (κ1) is 22.4. The quantitative estimate of drug-likeness (QED) is 0.236. The fourth-order valence-electron chi connectivity index (χ4n) is 5.39. The van der Waals surface area contributed by atoms with Gasteiger partial charge in [0.2, 0.25) is 5.71 Å². The highest BCUT2D eigenvalue weighted by atomic mass is 16.3. The number of oxazole rings is 1. The van der Waals surface area contributed by atoms with Gasteiger partial charge in [-0.2, -0.15) is 0 Å². The molecule has 0 aliphatic heterocycles. The zero-order valence-electron chi connectivity index (χ0n) is 21.4. The first-order chi connectivity index (χ1) is 19.8. The average molecular weight is 515 g/mol. The van der Waals surface area contributed by atoms with E-state index in [1.54, 1.807) is 0 Å². The Morgan fingerprint density at radius 3 is 1.52 bits per heavy atom. The summed E-state index contributed by atoms with van der Waals surface area (Å²) in [6, 6.07) is 45.1. The van der Waals surface area contributed by atoms with E-state index in [1.807, 2.05) is 78.9 Å². The van der Waals surface area contributed by atoms with E-state index in [0.717, 1.165) is 55.5 Å². The molecule has 5 heteroatoms. The van der Waals surface area contributed by atoms with Crippen molar-refractivity contribution < 1.29 is 4.42 Å². The minimum Gasteiger partial charge on any atom is -0.438 e. The monoisotopic (exact) mass is 514 g/mol. The Balaban J connectivity index is 1.28. The van der Waals surface area contributed by atoms with Gasteiger partial charge in [0, 0.05) is 22.1 Å². The molecule has 8 rings (SSSR count). The van der Waals surface area contributed by atoms with Gasteiger partial charge in [-0.3, -0.25) is 4.40 Å². The standard InChI is InChI=1S/C35H22N4O/c1-3-11-24(12-4-1)32-36-33(25-13-5-2-6-14-25)38-34(37-32)26-21-19-23(20-22-26)31-27-15-7-8-16-28(27)39-29-17-9-10-18-30(29)40-35(31)39/h1-22H. The number of rotatable bonds is 4. The number of benzene rings is 5. The van der Waals surface area contributed by atoms with E-state index in [-0.39, 0.29) is 0 Å². The lowest BCUT2D eigenvalue weighted by atomic mass is 10.0. The van der Waals surface area contributed by atoms with Crippen LogP contribution in [0.1, 0.15) is 0 Å². The Kier molecular flexibility index (Phi) is 5.07. The van der Waals surface area contributed by atoms with Gasteiger partial charge in [0.15, 0.2) is 23.1 Å². The van der Waals surface area contributed by atoms with Crippen molar-refractivity contribution in [3.63, 3.8) is 0 Å². The SMILES string of the molecule is c1ccc(-c2nc(-c3ccccc3)nc(-c3ccc(-c4c5ccccc5n5c4oc4ccccc45)cc3)n2)cc1. The van der Waals surface area contributed by atoms with Crippen LogP contribution in [0.5, 0.6) is 0 Å². The maximum atomic E-state index is 6.40. The Bertz CT molecular complexity index is 2090. The molecule has 0 saturated heterocycles. The molecule has 0 unspecified atom stereocenters. The van der Waals surface area contributed by atoms with Crippen LogP contribution in [-0.4, -0.2) is 19.4 Å². The second kappa shape index (κ2) is 9.03. The third-order valence-electron chi connectivity index (χ3n) is 7.28. The second-order valence-electron chi connectivity index (χ2n) is 9.72. The third-order valence-corrected chi connectivity index (χ3v) is 7.28. The van der Waals surface area contributed by atoms with Crippen LogP contribution in [0.25, 0.3) is 73.0 Å². The molecule has 5 aromatic carbocycles. The molecule has 0 radical (unpaired) electrons. The normalized spacial score (nSPS) is 11.5. The summed E-state index contributed by atoms with van der Waals surface area (Å²) in [4.78, 5) is 14.6. The van der Waals surface area contributed by atoms with Gasteiger partial charge >= 0.3 is 0 Å². The molecule has 0 bridgehead atoms. The van der Waals surface area contributed by atoms with Crippen LogP contribution in [0.3, 0.4) is 0 Å². The van der Waals surface area contributed by atoms with Gasteiger partial charge in [-0.15, -0.1) is 0 Å². The molecule has 3 aromatic heterocycles. The van der Waals surface area contributed by atoms with Gasteiger partial charge in [0.1, 0.15) is 0 Å². The molecule has 0 N–H and O–H groups in total. The van der Waals surface area contributed by atoms with Crippen molar-refractivity contribution in [2.24, 2.45) is 0 Å². The van der Waals surface area contributed by atoms with Gasteiger partial charge in [-0.05, 0) is 23.8 Å². The van der Waals surface area contributed by atoms with Gasteiger partial charge < -0.3 is 4.42 Å².